The molecule has 9 rings (SSSR count). The molecule has 9 heteroatoms. The van der Waals surface area contributed by atoms with Crippen molar-refractivity contribution in [2.75, 3.05) is 12.1 Å². The third-order valence-electron chi connectivity index (χ3n) is 10.3. The fourth-order valence-corrected chi connectivity index (χ4v) is 7.37. The van der Waals surface area contributed by atoms with Gasteiger partial charge in [-0.05, 0) is 95.6 Å². The fraction of sp³-hybridized carbons (Fsp3) is 0.0667. The number of phenolic OH excluding ortho intramolecular Hbond substituents is 3. The molecule has 0 saturated carbocycles. The van der Waals surface area contributed by atoms with Crippen molar-refractivity contribution in [1.29, 1.82) is 0 Å². The average molecular weight is 707 g/mol. The van der Waals surface area contributed by atoms with E-state index in [0.717, 1.165) is 65.5 Å². The highest BCUT2D eigenvalue weighted by molar-refractivity contribution is 5.93. The first kappa shape index (κ1) is 32.6. The first-order valence-corrected chi connectivity index (χ1v) is 17.5. The Balaban J connectivity index is 1.08. The summed E-state index contributed by atoms with van der Waals surface area (Å²) in [6.45, 7) is 2.09. The zero-order chi connectivity index (χ0) is 37.0. The van der Waals surface area contributed by atoms with Gasteiger partial charge in [0.05, 0.1) is 27.8 Å². The summed E-state index contributed by atoms with van der Waals surface area (Å²) >= 11 is 0. The Morgan fingerprint density at radius 3 is 1.76 bits per heavy atom. The van der Waals surface area contributed by atoms with E-state index in [9.17, 15) is 15.3 Å². The van der Waals surface area contributed by atoms with Crippen LogP contribution in [0, 0.1) is 0 Å². The number of phenols is 3. The van der Waals surface area contributed by atoms with Gasteiger partial charge in [0.15, 0.2) is 0 Å². The predicted molar refractivity (Wildman–Crippen MR) is 215 cm³/mol. The van der Waals surface area contributed by atoms with Crippen molar-refractivity contribution in [3.8, 4) is 17.2 Å². The van der Waals surface area contributed by atoms with Gasteiger partial charge in [0.1, 0.15) is 28.6 Å². The molecule has 0 radical (unpaired) electrons. The van der Waals surface area contributed by atoms with E-state index in [4.69, 9.17) is 0 Å². The van der Waals surface area contributed by atoms with Crippen molar-refractivity contribution >= 4 is 67.3 Å². The summed E-state index contributed by atoms with van der Waals surface area (Å²) in [5.74, 6) is 0.165. The lowest BCUT2D eigenvalue weighted by Crippen LogP contribution is -2.44. The van der Waals surface area contributed by atoms with Gasteiger partial charge in [-0.25, -0.2) is 0 Å². The minimum absolute atomic E-state index is 0.00477. The van der Waals surface area contributed by atoms with Crippen LogP contribution in [0.3, 0.4) is 0 Å². The van der Waals surface area contributed by atoms with Gasteiger partial charge in [-0.2, -0.15) is 0 Å². The third kappa shape index (κ3) is 5.50. The highest BCUT2D eigenvalue weighted by Crippen LogP contribution is 2.39. The largest absolute Gasteiger partial charge is 0.508 e. The topological polar surface area (TPSA) is 118 Å². The molecule has 8 aromatic rings. The lowest BCUT2D eigenvalue weighted by molar-refractivity contribution is 0.469. The second-order valence-electron chi connectivity index (χ2n) is 13.6. The van der Waals surface area contributed by atoms with E-state index in [1.807, 2.05) is 116 Å². The van der Waals surface area contributed by atoms with Gasteiger partial charge in [-0.1, -0.05) is 84.9 Å². The maximum absolute atomic E-state index is 11.2. The Bertz CT molecular complexity index is 2980. The molecule has 1 unspecified atom stereocenters. The number of hydrogen-bond acceptors (Lipinski definition) is 8. The van der Waals surface area contributed by atoms with Crippen LogP contribution in [0.15, 0.2) is 160 Å². The minimum Gasteiger partial charge on any atom is -0.508 e. The van der Waals surface area contributed by atoms with Crippen molar-refractivity contribution in [3.05, 3.63) is 161 Å². The molecule has 7 aromatic carbocycles. The van der Waals surface area contributed by atoms with Gasteiger partial charge in [-0.15, -0.1) is 20.5 Å². The second kappa shape index (κ2) is 12.8. The number of aromatic nitrogens is 1. The summed E-state index contributed by atoms with van der Waals surface area (Å²) in [7, 11) is 2.00. The molecule has 0 spiro atoms. The van der Waals surface area contributed by atoms with Gasteiger partial charge in [-0.3, -0.25) is 4.68 Å². The quantitative estimate of drug-likeness (QED) is 0.149. The number of azo groups is 2. The van der Waals surface area contributed by atoms with E-state index in [1.165, 1.54) is 0 Å². The van der Waals surface area contributed by atoms with E-state index in [2.05, 4.69) is 43.1 Å². The molecule has 1 aliphatic rings. The summed E-state index contributed by atoms with van der Waals surface area (Å²) in [6, 6.07) is 43.8. The number of nitrogens with zero attached hydrogens (tertiary/aromatic N) is 6. The molecule has 1 aromatic heterocycles. The Kier molecular flexibility index (Phi) is 7.71. The zero-order valence-electron chi connectivity index (χ0n) is 29.5. The lowest BCUT2D eigenvalue weighted by Gasteiger charge is -2.35. The van der Waals surface area contributed by atoms with Crippen LogP contribution in [0.4, 0.5) is 22.7 Å². The first-order valence-electron chi connectivity index (χ1n) is 17.5. The van der Waals surface area contributed by atoms with E-state index in [0.29, 0.717) is 11.4 Å². The minimum atomic E-state index is -0.666. The zero-order valence-corrected chi connectivity index (χ0v) is 29.5. The van der Waals surface area contributed by atoms with Gasteiger partial charge in [0, 0.05) is 28.4 Å². The Morgan fingerprint density at radius 2 is 1.13 bits per heavy atom. The molecule has 0 saturated heterocycles. The summed E-state index contributed by atoms with van der Waals surface area (Å²) in [6.07, 6.45) is 4.14. The number of rotatable bonds is 6. The maximum Gasteiger partial charge on any atom is 0.143 e. The van der Waals surface area contributed by atoms with Crippen LogP contribution in [0.25, 0.3) is 44.6 Å². The molecule has 0 bridgehead atoms. The van der Waals surface area contributed by atoms with Crippen molar-refractivity contribution in [2.24, 2.45) is 20.5 Å². The van der Waals surface area contributed by atoms with Crippen LogP contribution in [-0.2, 0) is 5.54 Å². The third-order valence-corrected chi connectivity index (χ3v) is 10.3. The molecule has 0 fully saturated rings. The van der Waals surface area contributed by atoms with Crippen LogP contribution >= 0.6 is 0 Å². The first-order chi connectivity index (χ1) is 26.3. The van der Waals surface area contributed by atoms with Crippen LogP contribution in [0.1, 0.15) is 18.1 Å². The van der Waals surface area contributed by atoms with Crippen molar-refractivity contribution in [3.63, 3.8) is 0 Å². The normalized spacial score (nSPS) is 16.0. The maximum atomic E-state index is 11.2. The molecular weight excluding hydrogens is 673 g/mol. The summed E-state index contributed by atoms with van der Waals surface area (Å²) in [4.78, 5) is 0. The van der Waals surface area contributed by atoms with Crippen molar-refractivity contribution < 1.29 is 15.3 Å². The number of hydrogen-bond donors (Lipinski definition) is 3. The monoisotopic (exact) mass is 706 g/mol. The molecule has 2 heterocycles. The van der Waals surface area contributed by atoms with Crippen molar-refractivity contribution in [2.45, 2.75) is 12.5 Å². The van der Waals surface area contributed by atoms with Gasteiger partial charge in [0.2, 0.25) is 0 Å². The highest BCUT2D eigenvalue weighted by Gasteiger charge is 2.36. The molecule has 0 amide bonds. The van der Waals surface area contributed by atoms with Gasteiger partial charge >= 0.3 is 0 Å². The molecule has 3 N–H and O–H groups in total. The number of fused-ring (bicyclic) bond motifs is 5. The Labute approximate surface area is 310 Å². The number of benzene rings is 7. The standard InChI is InChI=1S/C45H34N6O3/c1-45(31-18-21-40(44(54)25-31)49-47-38-16-8-12-30-10-4-6-14-34(30)38)27-42-35(36-26-32(52)19-22-41(36)51(42)50(45)2)23-28-17-20-39(43(53)24-28)48-46-37-15-7-11-29-9-3-5-13-33(29)37/h3-27,52-54H,1-2H3. The summed E-state index contributed by atoms with van der Waals surface area (Å²) < 4.78 is 2.11. The number of aromatic hydroxyl groups is 3. The lowest BCUT2D eigenvalue weighted by atomic mass is 9.91. The fourth-order valence-electron chi connectivity index (χ4n) is 7.37. The van der Waals surface area contributed by atoms with E-state index in [1.54, 1.807) is 36.4 Å². The van der Waals surface area contributed by atoms with E-state index in [-0.39, 0.29) is 17.2 Å². The summed E-state index contributed by atoms with van der Waals surface area (Å²) in [5.41, 5.74) is 3.99. The molecule has 9 nitrogen and oxygen atoms in total. The highest BCUT2D eigenvalue weighted by atomic mass is 16.3. The van der Waals surface area contributed by atoms with E-state index < -0.39 is 5.54 Å². The molecule has 262 valence electrons. The molecule has 0 aliphatic carbocycles. The van der Waals surface area contributed by atoms with Crippen LogP contribution in [0.5, 0.6) is 17.2 Å². The molecular formula is C45H34N6O3. The van der Waals surface area contributed by atoms with Gasteiger partial charge in [0.25, 0.3) is 0 Å². The van der Waals surface area contributed by atoms with Crippen molar-refractivity contribution in [1.82, 2.24) is 4.68 Å². The molecule has 1 aliphatic heterocycles. The van der Waals surface area contributed by atoms with Gasteiger partial charge < -0.3 is 20.3 Å². The molecule has 1 atom stereocenters. The van der Waals surface area contributed by atoms with Crippen LogP contribution < -0.4 is 15.6 Å². The Morgan fingerprint density at radius 1 is 0.556 bits per heavy atom. The Hall–Kier alpha value is -7.26. The smallest absolute Gasteiger partial charge is 0.143 e. The average Bonchev–Trinajstić information content (AvgIpc) is 3.62. The SMILES string of the molecule is CN1n2c(c(=Cc3ccc(N=Nc4cccc5ccccc45)c(O)c3)c3cc(O)ccc32)=CC1(C)c1ccc(N=Nc2cccc3ccccc23)c(O)c1. The second-order valence-corrected chi connectivity index (χ2v) is 13.6. The van der Waals surface area contributed by atoms with Crippen LogP contribution in [-0.4, -0.2) is 27.0 Å². The van der Waals surface area contributed by atoms with Crippen LogP contribution in [0.2, 0.25) is 0 Å². The van der Waals surface area contributed by atoms with E-state index >= 15 is 0 Å². The molecule has 54 heavy (non-hydrogen) atoms. The summed E-state index contributed by atoms with van der Waals surface area (Å²) in [5, 5.41) is 59.3. The predicted octanol–water partition coefficient (Wildman–Crippen LogP) is 10.0.